The highest BCUT2D eigenvalue weighted by Crippen LogP contribution is 2.41. The molecule has 1 saturated carbocycles. The molecule has 0 saturated heterocycles. The van der Waals surface area contributed by atoms with Gasteiger partial charge in [0.05, 0.1) is 16.2 Å². The zero-order chi connectivity index (χ0) is 18.3. The highest BCUT2D eigenvalue weighted by molar-refractivity contribution is 7.91. The molecule has 0 spiro atoms. The molecule has 24 heavy (non-hydrogen) atoms. The number of carbonyl (C=O) groups excluding carboxylic acids is 1. The van der Waals surface area contributed by atoms with Crippen molar-refractivity contribution < 1.29 is 30.8 Å². The predicted molar refractivity (Wildman–Crippen MR) is 80.0 cm³/mol. The number of hydrogen-bond acceptors (Lipinski definition) is 3. The third-order valence-corrected chi connectivity index (χ3v) is 5.66. The fourth-order valence-electron chi connectivity index (χ4n) is 2.21. The number of rotatable bonds is 5. The molecule has 1 aromatic carbocycles. The molecule has 9 heteroatoms. The van der Waals surface area contributed by atoms with Crippen molar-refractivity contribution in [3.05, 3.63) is 23.8 Å². The zero-order valence-corrected chi connectivity index (χ0v) is 13.9. The maximum atomic E-state index is 13.6. The Bertz CT molecular complexity index is 752. The Morgan fingerprint density at radius 2 is 1.88 bits per heavy atom. The molecular weight excluding hydrogens is 350 g/mol. The molecular formula is C15H17F4NO3S. The van der Waals surface area contributed by atoms with Crippen molar-refractivity contribution in [2.45, 2.75) is 43.4 Å². The summed E-state index contributed by atoms with van der Waals surface area (Å²) in [5, 5.41) is 2.07. The quantitative estimate of drug-likeness (QED) is 0.809. The summed E-state index contributed by atoms with van der Waals surface area (Å²) in [6.07, 6.45) is -4.88. The van der Waals surface area contributed by atoms with E-state index >= 15 is 0 Å². The Morgan fingerprint density at radius 3 is 2.33 bits per heavy atom. The van der Waals surface area contributed by atoms with Crippen LogP contribution < -0.4 is 5.32 Å². The Labute approximate surface area is 137 Å². The minimum atomic E-state index is -4.92. The van der Waals surface area contributed by atoms with Crippen LogP contribution in [0.2, 0.25) is 0 Å². The van der Waals surface area contributed by atoms with Crippen molar-refractivity contribution in [3.63, 3.8) is 0 Å². The fourth-order valence-corrected chi connectivity index (χ4v) is 4.05. The molecule has 2 rings (SSSR count). The monoisotopic (exact) mass is 367 g/mol. The second-order valence-corrected chi connectivity index (χ2v) is 8.31. The first-order valence-corrected chi connectivity index (χ1v) is 8.95. The summed E-state index contributed by atoms with van der Waals surface area (Å²) in [6.45, 7) is 3.16. The lowest BCUT2D eigenvalue weighted by molar-refractivity contribution is -0.139. The summed E-state index contributed by atoms with van der Waals surface area (Å²) in [7, 11) is -4.14. The molecule has 0 radical (unpaired) electrons. The first kappa shape index (κ1) is 18.7. The maximum absolute atomic E-state index is 13.6. The molecule has 0 bridgehead atoms. The summed E-state index contributed by atoms with van der Waals surface area (Å²) in [4.78, 5) is 10.8. The van der Waals surface area contributed by atoms with Gasteiger partial charge in [-0.3, -0.25) is 4.79 Å². The maximum Gasteiger partial charge on any atom is 0.417 e. The average Bonchev–Trinajstić information content (AvgIpc) is 3.15. The van der Waals surface area contributed by atoms with Crippen LogP contribution >= 0.6 is 0 Å². The van der Waals surface area contributed by atoms with Crippen molar-refractivity contribution in [3.8, 4) is 0 Å². The fraction of sp³-hybridized carbons (Fsp3) is 0.533. The van der Waals surface area contributed by atoms with Gasteiger partial charge in [-0.25, -0.2) is 12.8 Å². The van der Waals surface area contributed by atoms with Gasteiger partial charge >= 0.3 is 6.18 Å². The van der Waals surface area contributed by atoms with Crippen molar-refractivity contribution >= 4 is 21.4 Å². The van der Waals surface area contributed by atoms with E-state index < -0.39 is 43.8 Å². The minimum Gasteiger partial charge on any atom is -0.323 e. The van der Waals surface area contributed by atoms with E-state index in [0.29, 0.717) is 6.07 Å². The highest BCUT2D eigenvalue weighted by atomic mass is 32.2. The van der Waals surface area contributed by atoms with Crippen LogP contribution in [0.1, 0.15) is 32.3 Å². The Morgan fingerprint density at radius 1 is 1.29 bits per heavy atom. The lowest BCUT2D eigenvalue weighted by Crippen LogP contribution is -2.26. The SMILES string of the molecule is CC(C)CS(=O)(=O)c1ccc(NC(=O)C2(F)CC2)cc1C(F)(F)F. The Balaban J connectivity index is 2.41. The molecule has 0 unspecified atom stereocenters. The first-order chi connectivity index (χ1) is 10.8. The number of anilines is 1. The molecule has 0 atom stereocenters. The number of alkyl halides is 4. The molecule has 0 aromatic heterocycles. The molecule has 1 N–H and O–H groups in total. The van der Waals surface area contributed by atoms with E-state index in [4.69, 9.17) is 0 Å². The van der Waals surface area contributed by atoms with Gasteiger partial charge in [0, 0.05) is 5.69 Å². The third kappa shape index (κ3) is 4.06. The van der Waals surface area contributed by atoms with Gasteiger partial charge in [-0.15, -0.1) is 0 Å². The Kier molecular flexibility index (Phi) is 4.69. The third-order valence-electron chi connectivity index (χ3n) is 3.53. The number of carbonyl (C=O) groups is 1. The largest absolute Gasteiger partial charge is 0.417 e. The van der Waals surface area contributed by atoms with Crippen LogP contribution in [0.15, 0.2) is 23.1 Å². The van der Waals surface area contributed by atoms with Crippen LogP contribution in [-0.2, 0) is 20.8 Å². The van der Waals surface area contributed by atoms with Crippen molar-refractivity contribution in [1.29, 1.82) is 0 Å². The standard InChI is InChI=1S/C15H17F4NO3S/c1-9(2)8-24(22,23)12-4-3-10(7-11(12)15(17,18)19)20-13(21)14(16)5-6-14/h3-4,7,9H,5-6,8H2,1-2H3,(H,20,21). The van der Waals surface area contributed by atoms with Crippen molar-refractivity contribution in [1.82, 2.24) is 0 Å². The molecule has 1 aliphatic rings. The van der Waals surface area contributed by atoms with Gasteiger partial charge in [0.15, 0.2) is 15.5 Å². The van der Waals surface area contributed by atoms with Crippen molar-refractivity contribution in [2.75, 3.05) is 11.1 Å². The lowest BCUT2D eigenvalue weighted by Gasteiger charge is -2.16. The molecule has 0 heterocycles. The predicted octanol–water partition coefficient (Wildman–Crippen LogP) is 3.58. The van der Waals surface area contributed by atoms with E-state index in [1.807, 2.05) is 0 Å². The minimum absolute atomic E-state index is 0.0197. The number of nitrogens with one attached hydrogen (secondary N) is 1. The zero-order valence-electron chi connectivity index (χ0n) is 13.1. The van der Waals surface area contributed by atoms with Crippen LogP contribution in [0.25, 0.3) is 0 Å². The summed E-state index contributed by atoms with van der Waals surface area (Å²) in [5.74, 6) is -1.81. The van der Waals surface area contributed by atoms with E-state index in [1.165, 1.54) is 0 Å². The number of halogens is 4. The van der Waals surface area contributed by atoms with Gasteiger partial charge in [0.1, 0.15) is 0 Å². The van der Waals surface area contributed by atoms with Gasteiger partial charge < -0.3 is 5.32 Å². The second kappa shape index (κ2) is 6.02. The van der Waals surface area contributed by atoms with Crippen LogP contribution in [0.3, 0.4) is 0 Å². The molecule has 1 aromatic rings. The van der Waals surface area contributed by atoms with E-state index in [0.717, 1.165) is 12.1 Å². The summed E-state index contributed by atoms with van der Waals surface area (Å²) in [6, 6.07) is 2.36. The van der Waals surface area contributed by atoms with Crippen molar-refractivity contribution in [2.24, 2.45) is 5.92 Å². The molecule has 0 aliphatic heterocycles. The number of hydrogen-bond donors (Lipinski definition) is 1. The molecule has 4 nitrogen and oxygen atoms in total. The first-order valence-electron chi connectivity index (χ1n) is 7.29. The summed E-state index contributed by atoms with van der Waals surface area (Å²) < 4.78 is 77.6. The number of amides is 1. The normalized spacial score (nSPS) is 17.0. The molecule has 134 valence electrons. The Hall–Kier alpha value is -1.64. The van der Waals surface area contributed by atoms with Gasteiger partial charge in [-0.2, -0.15) is 13.2 Å². The lowest BCUT2D eigenvalue weighted by atomic mass is 10.2. The van der Waals surface area contributed by atoms with E-state index in [2.05, 4.69) is 5.32 Å². The van der Waals surface area contributed by atoms with Crippen LogP contribution in [-0.4, -0.2) is 25.7 Å². The summed E-state index contributed by atoms with van der Waals surface area (Å²) >= 11 is 0. The second-order valence-electron chi connectivity index (χ2n) is 6.30. The molecule has 1 fully saturated rings. The van der Waals surface area contributed by atoms with E-state index in [9.17, 15) is 30.8 Å². The van der Waals surface area contributed by atoms with Gasteiger partial charge in [0.2, 0.25) is 0 Å². The average molecular weight is 367 g/mol. The van der Waals surface area contributed by atoms with Crippen LogP contribution in [0, 0.1) is 5.92 Å². The topological polar surface area (TPSA) is 63.2 Å². The summed E-state index contributed by atoms with van der Waals surface area (Å²) in [5.41, 5.74) is -3.70. The van der Waals surface area contributed by atoms with E-state index in [-0.39, 0.29) is 24.4 Å². The van der Waals surface area contributed by atoms with Gasteiger partial charge in [-0.1, -0.05) is 13.8 Å². The van der Waals surface area contributed by atoms with E-state index in [1.54, 1.807) is 13.8 Å². The molecule has 1 aliphatic carbocycles. The number of sulfone groups is 1. The van der Waals surface area contributed by atoms with Gasteiger partial charge in [-0.05, 0) is 37.0 Å². The van der Waals surface area contributed by atoms with Crippen LogP contribution in [0.4, 0.5) is 23.2 Å². The van der Waals surface area contributed by atoms with Gasteiger partial charge in [0.25, 0.3) is 5.91 Å². The van der Waals surface area contributed by atoms with Crippen LogP contribution in [0.5, 0.6) is 0 Å². The molecule has 1 amide bonds. The smallest absolute Gasteiger partial charge is 0.323 e. The highest BCUT2D eigenvalue weighted by Gasteiger charge is 2.51. The number of benzene rings is 1.